The molecule has 0 aliphatic rings. The number of benzene rings is 1. The maximum atomic E-state index is 10.7. The Morgan fingerprint density at radius 3 is 2.80 bits per heavy atom. The Morgan fingerprint density at radius 1 is 1.67 bits per heavy atom. The molecule has 15 heavy (non-hydrogen) atoms. The molecule has 6 heteroatoms. The summed E-state index contributed by atoms with van der Waals surface area (Å²) in [4.78, 5) is 10.1. The predicted octanol–water partition coefficient (Wildman–Crippen LogP) is 0.595. The molecule has 1 rings (SSSR count). The van der Waals surface area contributed by atoms with Crippen LogP contribution >= 0.6 is 0 Å². The van der Waals surface area contributed by atoms with Crippen LogP contribution in [0.15, 0.2) is 18.2 Å². The molecule has 0 spiro atoms. The molecular formula is C9H12N2O4. The molecule has 1 unspecified atom stereocenters. The van der Waals surface area contributed by atoms with Crippen LogP contribution in [0.1, 0.15) is 11.7 Å². The number of nitrogens with two attached hydrogens (primary N) is 1. The van der Waals surface area contributed by atoms with E-state index in [1.54, 1.807) is 0 Å². The molecule has 0 bridgehead atoms. The Kier molecular flexibility index (Phi) is 3.59. The van der Waals surface area contributed by atoms with Crippen LogP contribution in [0.25, 0.3) is 0 Å². The number of hydrogen-bond donors (Lipinski definition) is 2. The molecule has 1 aromatic rings. The fraction of sp³-hybridized carbons (Fsp3) is 0.333. The Labute approximate surface area is 86.4 Å². The first kappa shape index (κ1) is 11.4. The molecule has 0 radical (unpaired) electrons. The largest absolute Gasteiger partial charge is 0.497 e. The standard InChI is InChI=1S/C9H12N2O4/c1-15-6-2-3-8(11(13)14)7(4-6)9(12)5-10/h2-4,9,12H,5,10H2,1H3. The van der Waals surface area contributed by atoms with Gasteiger partial charge in [0.2, 0.25) is 0 Å². The van der Waals surface area contributed by atoms with Gasteiger partial charge in [0.15, 0.2) is 0 Å². The molecule has 3 N–H and O–H groups in total. The van der Waals surface area contributed by atoms with Crippen molar-refractivity contribution in [2.24, 2.45) is 5.73 Å². The Morgan fingerprint density at radius 2 is 2.33 bits per heavy atom. The summed E-state index contributed by atoms with van der Waals surface area (Å²) < 4.78 is 4.91. The lowest BCUT2D eigenvalue weighted by atomic mass is 10.1. The SMILES string of the molecule is COc1ccc([N+](=O)[O-])c(C(O)CN)c1. The van der Waals surface area contributed by atoms with E-state index in [1.165, 1.54) is 25.3 Å². The van der Waals surface area contributed by atoms with Crippen molar-refractivity contribution in [3.05, 3.63) is 33.9 Å². The zero-order chi connectivity index (χ0) is 11.4. The Bertz CT molecular complexity index is 367. The highest BCUT2D eigenvalue weighted by molar-refractivity contribution is 5.46. The fourth-order valence-electron chi connectivity index (χ4n) is 1.22. The van der Waals surface area contributed by atoms with Crippen molar-refractivity contribution in [3.8, 4) is 5.75 Å². The average Bonchev–Trinajstić information content (AvgIpc) is 2.26. The second kappa shape index (κ2) is 4.72. The van der Waals surface area contributed by atoms with Crippen LogP contribution in [-0.4, -0.2) is 23.7 Å². The summed E-state index contributed by atoms with van der Waals surface area (Å²) in [5.74, 6) is 0.447. The van der Waals surface area contributed by atoms with Gasteiger partial charge in [-0.15, -0.1) is 0 Å². The van der Waals surface area contributed by atoms with E-state index in [2.05, 4.69) is 0 Å². The smallest absolute Gasteiger partial charge is 0.275 e. The molecule has 6 nitrogen and oxygen atoms in total. The highest BCUT2D eigenvalue weighted by atomic mass is 16.6. The molecular weight excluding hydrogens is 200 g/mol. The summed E-state index contributed by atoms with van der Waals surface area (Å²) in [6.07, 6.45) is -1.06. The topological polar surface area (TPSA) is 98.6 Å². The van der Waals surface area contributed by atoms with E-state index in [9.17, 15) is 15.2 Å². The number of ether oxygens (including phenoxy) is 1. The number of hydrogen-bond acceptors (Lipinski definition) is 5. The number of nitro groups is 1. The van der Waals surface area contributed by atoms with Crippen LogP contribution in [0.2, 0.25) is 0 Å². The minimum absolute atomic E-state index is 0.0754. The highest BCUT2D eigenvalue weighted by Gasteiger charge is 2.20. The maximum Gasteiger partial charge on any atom is 0.275 e. The predicted molar refractivity (Wildman–Crippen MR) is 53.7 cm³/mol. The Balaban J connectivity index is 3.22. The minimum Gasteiger partial charge on any atom is -0.497 e. The summed E-state index contributed by atoms with van der Waals surface area (Å²) in [6.45, 7) is -0.0754. The zero-order valence-electron chi connectivity index (χ0n) is 8.21. The van der Waals surface area contributed by atoms with Gasteiger partial charge in [-0.05, 0) is 12.1 Å². The van der Waals surface area contributed by atoms with Crippen LogP contribution < -0.4 is 10.5 Å². The van der Waals surface area contributed by atoms with Crippen molar-refractivity contribution in [1.29, 1.82) is 0 Å². The van der Waals surface area contributed by atoms with Crippen molar-refractivity contribution < 1.29 is 14.8 Å². The van der Waals surface area contributed by atoms with Crippen LogP contribution in [0, 0.1) is 10.1 Å². The molecule has 0 aliphatic carbocycles. The number of aliphatic hydroxyl groups excluding tert-OH is 1. The van der Waals surface area contributed by atoms with E-state index in [0.29, 0.717) is 5.75 Å². The highest BCUT2D eigenvalue weighted by Crippen LogP contribution is 2.28. The number of rotatable bonds is 4. The maximum absolute atomic E-state index is 10.7. The van der Waals surface area contributed by atoms with E-state index in [0.717, 1.165) is 0 Å². The lowest BCUT2D eigenvalue weighted by Gasteiger charge is -2.10. The first-order chi connectivity index (χ1) is 7.10. The molecule has 1 aromatic carbocycles. The molecule has 0 aliphatic heterocycles. The van der Waals surface area contributed by atoms with E-state index >= 15 is 0 Å². The van der Waals surface area contributed by atoms with Gasteiger partial charge in [0.05, 0.1) is 23.7 Å². The van der Waals surface area contributed by atoms with Crippen LogP contribution in [-0.2, 0) is 0 Å². The lowest BCUT2D eigenvalue weighted by molar-refractivity contribution is -0.386. The monoisotopic (exact) mass is 212 g/mol. The first-order valence-electron chi connectivity index (χ1n) is 4.30. The minimum atomic E-state index is -1.06. The number of nitrogens with zero attached hydrogens (tertiary/aromatic N) is 1. The van der Waals surface area contributed by atoms with Crippen LogP contribution in [0.4, 0.5) is 5.69 Å². The summed E-state index contributed by atoms with van der Waals surface area (Å²) >= 11 is 0. The van der Waals surface area contributed by atoms with E-state index in [4.69, 9.17) is 10.5 Å². The van der Waals surface area contributed by atoms with Gasteiger partial charge in [0.25, 0.3) is 5.69 Å². The van der Waals surface area contributed by atoms with Gasteiger partial charge in [0.1, 0.15) is 5.75 Å². The third kappa shape index (κ3) is 2.42. The molecule has 82 valence electrons. The van der Waals surface area contributed by atoms with Crippen molar-refractivity contribution in [3.63, 3.8) is 0 Å². The first-order valence-corrected chi connectivity index (χ1v) is 4.30. The van der Waals surface area contributed by atoms with Crippen molar-refractivity contribution in [1.82, 2.24) is 0 Å². The van der Waals surface area contributed by atoms with Gasteiger partial charge in [-0.25, -0.2) is 0 Å². The quantitative estimate of drug-likeness (QED) is 0.562. The van der Waals surface area contributed by atoms with Gasteiger partial charge < -0.3 is 15.6 Å². The summed E-state index contributed by atoms with van der Waals surface area (Å²) in [5, 5.41) is 20.1. The second-order valence-electron chi connectivity index (χ2n) is 2.93. The normalized spacial score (nSPS) is 12.2. The van der Waals surface area contributed by atoms with Gasteiger partial charge in [0, 0.05) is 12.6 Å². The van der Waals surface area contributed by atoms with Gasteiger partial charge >= 0.3 is 0 Å². The zero-order valence-corrected chi connectivity index (χ0v) is 8.21. The van der Waals surface area contributed by atoms with Crippen molar-refractivity contribution >= 4 is 5.69 Å². The Hall–Kier alpha value is -1.66. The second-order valence-corrected chi connectivity index (χ2v) is 2.93. The van der Waals surface area contributed by atoms with Gasteiger partial charge in [-0.1, -0.05) is 0 Å². The lowest BCUT2D eigenvalue weighted by Crippen LogP contribution is -2.13. The molecule has 0 saturated carbocycles. The average molecular weight is 212 g/mol. The van der Waals surface area contributed by atoms with Gasteiger partial charge in [-0.2, -0.15) is 0 Å². The summed E-state index contributed by atoms with van der Waals surface area (Å²) in [6, 6.07) is 4.16. The molecule has 0 fully saturated rings. The third-order valence-corrected chi connectivity index (χ3v) is 2.01. The van der Waals surface area contributed by atoms with Crippen molar-refractivity contribution in [2.75, 3.05) is 13.7 Å². The van der Waals surface area contributed by atoms with Gasteiger partial charge in [-0.3, -0.25) is 10.1 Å². The number of methoxy groups -OCH3 is 1. The van der Waals surface area contributed by atoms with Crippen LogP contribution in [0.3, 0.4) is 0 Å². The van der Waals surface area contributed by atoms with E-state index < -0.39 is 11.0 Å². The molecule has 0 heterocycles. The number of aliphatic hydroxyl groups is 1. The van der Waals surface area contributed by atoms with Crippen molar-refractivity contribution in [2.45, 2.75) is 6.10 Å². The molecule has 0 aromatic heterocycles. The fourth-order valence-corrected chi connectivity index (χ4v) is 1.22. The molecule has 0 saturated heterocycles. The van der Waals surface area contributed by atoms with Crippen LogP contribution in [0.5, 0.6) is 5.75 Å². The van der Waals surface area contributed by atoms with E-state index in [1.807, 2.05) is 0 Å². The molecule has 0 amide bonds. The van der Waals surface area contributed by atoms with E-state index in [-0.39, 0.29) is 17.8 Å². The third-order valence-electron chi connectivity index (χ3n) is 2.01. The number of nitro benzene ring substituents is 1. The summed E-state index contributed by atoms with van der Waals surface area (Å²) in [7, 11) is 1.44. The summed E-state index contributed by atoms with van der Waals surface area (Å²) in [5.41, 5.74) is 5.26. The molecule has 1 atom stereocenters.